The molecule has 1 aliphatic heterocycles. The van der Waals surface area contributed by atoms with Gasteiger partial charge in [0.1, 0.15) is 0 Å². The van der Waals surface area contributed by atoms with Crippen LogP contribution in [0.15, 0.2) is 29.1 Å². The minimum atomic E-state index is -0.0438. The molecule has 5 heteroatoms. The van der Waals surface area contributed by atoms with Gasteiger partial charge in [-0.15, -0.1) is 0 Å². The molecule has 0 radical (unpaired) electrons. The van der Waals surface area contributed by atoms with Crippen molar-refractivity contribution in [1.82, 2.24) is 14.9 Å². The summed E-state index contributed by atoms with van der Waals surface area (Å²) >= 11 is 0. The van der Waals surface area contributed by atoms with Crippen molar-refractivity contribution in [3.05, 3.63) is 34.7 Å². The number of imidazole rings is 1. The predicted octanol–water partition coefficient (Wildman–Crippen LogP) is 1.10. The van der Waals surface area contributed by atoms with Crippen LogP contribution >= 0.6 is 0 Å². The standard InChI is InChI=1S/C14H19N3O2/c1-14(9-15-10-14)19-8-4-7-17-12-6-3-2-5-11(12)16-13(17)18/h2-3,5-6,15H,4,7-10H2,1H3,(H,16,18). The zero-order valence-corrected chi connectivity index (χ0v) is 11.1. The Morgan fingerprint density at radius 3 is 2.89 bits per heavy atom. The lowest BCUT2D eigenvalue weighted by Gasteiger charge is -2.39. The SMILES string of the molecule is CC1(OCCCn2c(=O)[nH]c3ccccc32)CNC1. The van der Waals surface area contributed by atoms with Gasteiger partial charge in [-0.05, 0) is 25.5 Å². The van der Waals surface area contributed by atoms with Gasteiger partial charge in [-0.3, -0.25) is 4.57 Å². The van der Waals surface area contributed by atoms with Crippen LogP contribution in [0.1, 0.15) is 13.3 Å². The molecule has 1 aromatic heterocycles. The summed E-state index contributed by atoms with van der Waals surface area (Å²) in [5, 5.41) is 3.20. The summed E-state index contributed by atoms with van der Waals surface area (Å²) in [7, 11) is 0. The number of aromatic nitrogens is 2. The summed E-state index contributed by atoms with van der Waals surface area (Å²) in [5.41, 5.74) is 1.80. The van der Waals surface area contributed by atoms with Gasteiger partial charge in [0.05, 0.1) is 16.6 Å². The molecule has 5 nitrogen and oxygen atoms in total. The molecule has 0 aliphatic carbocycles. The van der Waals surface area contributed by atoms with E-state index in [0.29, 0.717) is 13.2 Å². The minimum absolute atomic E-state index is 0.00875. The van der Waals surface area contributed by atoms with Crippen molar-refractivity contribution in [2.24, 2.45) is 0 Å². The number of nitrogens with zero attached hydrogens (tertiary/aromatic N) is 1. The molecule has 102 valence electrons. The van der Waals surface area contributed by atoms with Gasteiger partial charge in [-0.25, -0.2) is 4.79 Å². The summed E-state index contributed by atoms with van der Waals surface area (Å²) < 4.78 is 7.61. The highest BCUT2D eigenvalue weighted by Gasteiger charge is 2.31. The molecule has 1 saturated heterocycles. The Labute approximate surface area is 111 Å². The number of aromatic amines is 1. The zero-order chi connectivity index (χ0) is 13.3. The van der Waals surface area contributed by atoms with Crippen molar-refractivity contribution in [3.8, 4) is 0 Å². The summed E-state index contributed by atoms with van der Waals surface area (Å²) in [6.45, 7) is 5.32. The first-order valence-corrected chi connectivity index (χ1v) is 6.70. The lowest BCUT2D eigenvalue weighted by Crippen LogP contribution is -2.59. The van der Waals surface area contributed by atoms with Gasteiger partial charge in [0.15, 0.2) is 0 Å². The Balaban J connectivity index is 1.62. The smallest absolute Gasteiger partial charge is 0.326 e. The third kappa shape index (κ3) is 2.43. The minimum Gasteiger partial charge on any atom is -0.373 e. The van der Waals surface area contributed by atoms with Gasteiger partial charge < -0.3 is 15.0 Å². The second-order valence-electron chi connectivity index (χ2n) is 5.35. The third-order valence-electron chi connectivity index (χ3n) is 3.66. The molecule has 3 rings (SSSR count). The van der Waals surface area contributed by atoms with Crippen LogP contribution in [-0.2, 0) is 11.3 Å². The molecule has 1 fully saturated rings. The Bertz CT molecular complexity index is 625. The number of fused-ring (bicyclic) bond motifs is 1. The number of aryl methyl sites for hydroxylation is 1. The van der Waals surface area contributed by atoms with E-state index in [2.05, 4.69) is 17.2 Å². The fourth-order valence-electron chi connectivity index (χ4n) is 2.45. The molecule has 1 aliphatic rings. The highest BCUT2D eigenvalue weighted by molar-refractivity contribution is 5.74. The van der Waals surface area contributed by atoms with E-state index in [4.69, 9.17) is 4.74 Å². The summed E-state index contributed by atoms with van der Waals surface area (Å²) in [5.74, 6) is 0. The van der Waals surface area contributed by atoms with E-state index >= 15 is 0 Å². The first-order valence-electron chi connectivity index (χ1n) is 6.70. The van der Waals surface area contributed by atoms with E-state index in [1.165, 1.54) is 0 Å². The molecule has 2 N–H and O–H groups in total. The molecule has 0 saturated carbocycles. The number of rotatable bonds is 5. The number of H-pyrrole nitrogens is 1. The maximum absolute atomic E-state index is 11.9. The van der Waals surface area contributed by atoms with Crippen molar-refractivity contribution in [3.63, 3.8) is 0 Å². The topological polar surface area (TPSA) is 59.0 Å². The maximum atomic E-state index is 11.9. The van der Waals surface area contributed by atoms with Crippen molar-refractivity contribution in [2.75, 3.05) is 19.7 Å². The van der Waals surface area contributed by atoms with Crippen LogP contribution in [0.25, 0.3) is 11.0 Å². The summed E-state index contributed by atoms with van der Waals surface area (Å²) in [6.07, 6.45) is 0.845. The van der Waals surface area contributed by atoms with Crippen molar-refractivity contribution in [2.45, 2.75) is 25.5 Å². The number of nitrogens with one attached hydrogen (secondary N) is 2. The lowest BCUT2D eigenvalue weighted by molar-refractivity contribution is -0.0680. The first-order chi connectivity index (χ1) is 9.18. The second kappa shape index (κ2) is 4.83. The quantitative estimate of drug-likeness (QED) is 0.792. The van der Waals surface area contributed by atoms with Crippen LogP contribution in [-0.4, -0.2) is 34.8 Å². The zero-order valence-electron chi connectivity index (χ0n) is 11.1. The van der Waals surface area contributed by atoms with E-state index in [-0.39, 0.29) is 11.3 Å². The van der Waals surface area contributed by atoms with Gasteiger partial charge in [0.2, 0.25) is 0 Å². The molecule has 19 heavy (non-hydrogen) atoms. The number of benzene rings is 1. The van der Waals surface area contributed by atoms with E-state index < -0.39 is 0 Å². The summed E-state index contributed by atoms with van der Waals surface area (Å²) in [6, 6.07) is 7.76. The van der Waals surface area contributed by atoms with Gasteiger partial charge >= 0.3 is 5.69 Å². The number of ether oxygens (including phenoxy) is 1. The Morgan fingerprint density at radius 1 is 1.37 bits per heavy atom. The molecule has 2 heterocycles. The molecular weight excluding hydrogens is 242 g/mol. The second-order valence-corrected chi connectivity index (χ2v) is 5.35. The van der Waals surface area contributed by atoms with E-state index in [9.17, 15) is 4.79 Å². The normalized spacial score (nSPS) is 17.5. The summed E-state index contributed by atoms with van der Waals surface area (Å²) in [4.78, 5) is 14.7. The van der Waals surface area contributed by atoms with Crippen LogP contribution in [0.3, 0.4) is 0 Å². The maximum Gasteiger partial charge on any atom is 0.326 e. The molecule has 0 spiro atoms. The Kier molecular flexibility index (Phi) is 3.16. The van der Waals surface area contributed by atoms with E-state index in [0.717, 1.165) is 30.5 Å². The lowest BCUT2D eigenvalue weighted by atomic mass is 10.0. The highest BCUT2D eigenvalue weighted by Crippen LogP contribution is 2.15. The van der Waals surface area contributed by atoms with E-state index in [1.807, 2.05) is 24.3 Å². The Hall–Kier alpha value is -1.59. The van der Waals surface area contributed by atoms with E-state index in [1.54, 1.807) is 4.57 Å². The van der Waals surface area contributed by atoms with Gasteiger partial charge in [0.25, 0.3) is 0 Å². The van der Waals surface area contributed by atoms with Crippen LogP contribution in [0.4, 0.5) is 0 Å². The van der Waals surface area contributed by atoms with Crippen LogP contribution in [0, 0.1) is 0 Å². The predicted molar refractivity (Wildman–Crippen MR) is 74.4 cm³/mol. The van der Waals surface area contributed by atoms with Gasteiger partial charge in [0, 0.05) is 26.2 Å². The van der Waals surface area contributed by atoms with Gasteiger partial charge in [-0.1, -0.05) is 12.1 Å². The fourth-order valence-corrected chi connectivity index (χ4v) is 2.45. The van der Waals surface area contributed by atoms with Crippen LogP contribution in [0.5, 0.6) is 0 Å². The molecule has 0 unspecified atom stereocenters. The average molecular weight is 261 g/mol. The molecule has 0 atom stereocenters. The first kappa shape index (κ1) is 12.4. The Morgan fingerprint density at radius 2 is 2.16 bits per heavy atom. The molecule has 2 aromatic rings. The van der Waals surface area contributed by atoms with Crippen molar-refractivity contribution in [1.29, 1.82) is 0 Å². The monoisotopic (exact) mass is 261 g/mol. The average Bonchev–Trinajstić information content (AvgIpc) is 2.69. The van der Waals surface area contributed by atoms with Crippen molar-refractivity contribution < 1.29 is 4.74 Å². The molecule has 0 bridgehead atoms. The third-order valence-corrected chi connectivity index (χ3v) is 3.66. The van der Waals surface area contributed by atoms with Crippen molar-refractivity contribution >= 4 is 11.0 Å². The molecule has 0 amide bonds. The number of hydrogen-bond acceptors (Lipinski definition) is 3. The van der Waals surface area contributed by atoms with Crippen LogP contribution in [0.2, 0.25) is 0 Å². The number of hydrogen-bond donors (Lipinski definition) is 2. The highest BCUT2D eigenvalue weighted by atomic mass is 16.5. The number of para-hydroxylation sites is 2. The van der Waals surface area contributed by atoms with Gasteiger partial charge in [-0.2, -0.15) is 0 Å². The van der Waals surface area contributed by atoms with Crippen LogP contribution < -0.4 is 11.0 Å². The fraction of sp³-hybridized carbons (Fsp3) is 0.500. The largest absolute Gasteiger partial charge is 0.373 e. The molecular formula is C14H19N3O2. The molecule has 1 aromatic carbocycles.